The molecule has 1 aliphatic carbocycles. The van der Waals surface area contributed by atoms with Crippen LogP contribution >= 0.6 is 11.8 Å². The molecule has 1 saturated carbocycles. The second kappa shape index (κ2) is 7.25. The first-order valence-electron chi connectivity index (χ1n) is 6.98. The summed E-state index contributed by atoms with van der Waals surface area (Å²) in [5.74, 6) is 0. The molecule has 0 aromatic rings. The van der Waals surface area contributed by atoms with Crippen molar-refractivity contribution in [3.05, 3.63) is 12.2 Å². The maximum atomic E-state index is 11.9. The Kier molecular flexibility index (Phi) is 6.32. The second-order valence-electron chi connectivity index (χ2n) is 5.33. The van der Waals surface area contributed by atoms with E-state index in [1.807, 2.05) is 6.92 Å². The third kappa shape index (κ3) is 4.87. The van der Waals surface area contributed by atoms with E-state index >= 15 is 0 Å². The molecule has 0 heterocycles. The molecule has 0 aromatic carbocycles. The average Bonchev–Trinajstić information content (AvgIpc) is 2.41. The van der Waals surface area contributed by atoms with Gasteiger partial charge in [0.1, 0.15) is 0 Å². The lowest BCUT2D eigenvalue weighted by Crippen LogP contribution is -2.26. The van der Waals surface area contributed by atoms with Crippen LogP contribution in [0.4, 0.5) is 0 Å². The highest BCUT2D eigenvalue weighted by Crippen LogP contribution is 2.41. The van der Waals surface area contributed by atoms with Gasteiger partial charge in [0.15, 0.2) is 0 Å². The Labute approximate surface area is 110 Å². The molecule has 0 bridgehead atoms. The minimum atomic E-state index is 0.195. The quantitative estimate of drug-likeness (QED) is 0.651. The van der Waals surface area contributed by atoms with Crippen LogP contribution in [0.1, 0.15) is 71.6 Å². The lowest BCUT2D eigenvalue weighted by Gasteiger charge is -2.31. The van der Waals surface area contributed by atoms with Crippen LogP contribution < -0.4 is 0 Å². The Bertz CT molecular complexity index is 260. The van der Waals surface area contributed by atoms with Gasteiger partial charge in [-0.2, -0.15) is 0 Å². The van der Waals surface area contributed by atoms with Crippen LogP contribution in [0.25, 0.3) is 0 Å². The van der Waals surface area contributed by atoms with E-state index in [0.29, 0.717) is 5.57 Å². The van der Waals surface area contributed by atoms with Gasteiger partial charge in [0, 0.05) is 4.75 Å². The Hall–Kier alpha value is -0.240. The van der Waals surface area contributed by atoms with Crippen molar-refractivity contribution in [3.63, 3.8) is 0 Å². The third-order valence-electron chi connectivity index (χ3n) is 3.82. The molecule has 0 atom stereocenters. The largest absolute Gasteiger partial charge is 0.282 e. The van der Waals surface area contributed by atoms with Crippen LogP contribution in [0.15, 0.2) is 12.2 Å². The van der Waals surface area contributed by atoms with E-state index in [4.69, 9.17) is 0 Å². The van der Waals surface area contributed by atoms with E-state index in [9.17, 15) is 4.79 Å². The molecule has 98 valence electrons. The van der Waals surface area contributed by atoms with Gasteiger partial charge in [0.25, 0.3) is 0 Å². The molecule has 2 heteroatoms. The number of carbonyl (C=O) groups excluding carboxylic acids is 1. The van der Waals surface area contributed by atoms with Crippen LogP contribution in [0, 0.1) is 0 Å². The number of carbonyl (C=O) groups is 1. The Morgan fingerprint density at radius 2 is 1.59 bits per heavy atom. The SMILES string of the molecule is C=C(C)C(=O)SC1(CC)CCCCCCCC1. The van der Waals surface area contributed by atoms with Gasteiger partial charge in [-0.05, 0) is 31.8 Å². The molecule has 0 aliphatic heterocycles. The predicted molar refractivity (Wildman–Crippen MR) is 77.4 cm³/mol. The zero-order valence-corrected chi connectivity index (χ0v) is 12.2. The fraction of sp³-hybridized carbons (Fsp3) is 0.800. The van der Waals surface area contributed by atoms with Crippen molar-refractivity contribution in [2.45, 2.75) is 76.4 Å². The van der Waals surface area contributed by atoms with Crippen LogP contribution in [0.2, 0.25) is 0 Å². The van der Waals surface area contributed by atoms with Crippen LogP contribution in [-0.2, 0) is 4.79 Å². The summed E-state index contributed by atoms with van der Waals surface area (Å²) >= 11 is 1.57. The summed E-state index contributed by atoms with van der Waals surface area (Å²) in [4.78, 5) is 11.9. The van der Waals surface area contributed by atoms with Crippen molar-refractivity contribution in [3.8, 4) is 0 Å². The van der Waals surface area contributed by atoms with Crippen molar-refractivity contribution in [1.29, 1.82) is 0 Å². The molecule has 0 saturated heterocycles. The molecular formula is C15H26OS. The molecule has 0 spiro atoms. The molecule has 0 N–H and O–H groups in total. The van der Waals surface area contributed by atoms with E-state index < -0.39 is 0 Å². The molecule has 1 aliphatic rings. The maximum Gasteiger partial charge on any atom is 0.214 e. The van der Waals surface area contributed by atoms with Gasteiger partial charge < -0.3 is 0 Å². The number of thioether (sulfide) groups is 1. The summed E-state index contributed by atoms with van der Waals surface area (Å²) in [6, 6.07) is 0. The molecular weight excluding hydrogens is 228 g/mol. The van der Waals surface area contributed by atoms with Gasteiger partial charge in [-0.25, -0.2) is 0 Å². The Balaban J connectivity index is 2.67. The zero-order chi connectivity index (χ0) is 12.7. The van der Waals surface area contributed by atoms with Gasteiger partial charge >= 0.3 is 0 Å². The highest BCUT2D eigenvalue weighted by atomic mass is 32.2. The predicted octanol–water partition coefficient (Wildman–Crippen LogP) is 5.11. The first-order chi connectivity index (χ1) is 8.09. The molecule has 0 radical (unpaired) electrons. The minimum Gasteiger partial charge on any atom is -0.282 e. The molecule has 0 amide bonds. The summed E-state index contributed by atoms with van der Waals surface area (Å²) in [7, 11) is 0. The maximum absolute atomic E-state index is 11.9. The van der Waals surface area contributed by atoms with Crippen molar-refractivity contribution in [2.75, 3.05) is 0 Å². The highest BCUT2D eigenvalue weighted by molar-refractivity contribution is 8.15. The molecule has 17 heavy (non-hydrogen) atoms. The molecule has 1 nitrogen and oxygen atoms in total. The summed E-state index contributed by atoms with van der Waals surface area (Å²) in [5, 5.41) is 0.200. The van der Waals surface area contributed by atoms with Gasteiger partial charge in [-0.3, -0.25) is 4.79 Å². The fourth-order valence-corrected chi connectivity index (χ4v) is 3.74. The van der Waals surface area contributed by atoms with Crippen LogP contribution in [-0.4, -0.2) is 9.86 Å². The first kappa shape index (κ1) is 14.8. The monoisotopic (exact) mass is 254 g/mol. The summed E-state index contributed by atoms with van der Waals surface area (Å²) in [6.07, 6.45) is 11.5. The average molecular weight is 254 g/mol. The number of rotatable bonds is 3. The molecule has 0 aromatic heterocycles. The summed E-state index contributed by atoms with van der Waals surface area (Å²) in [5.41, 5.74) is 0.697. The van der Waals surface area contributed by atoms with E-state index in [0.717, 1.165) is 6.42 Å². The van der Waals surface area contributed by atoms with Gasteiger partial charge in [0.05, 0.1) is 0 Å². The van der Waals surface area contributed by atoms with Crippen LogP contribution in [0.5, 0.6) is 0 Å². The third-order valence-corrected chi connectivity index (χ3v) is 5.48. The lowest BCUT2D eigenvalue weighted by atomic mass is 9.93. The van der Waals surface area contributed by atoms with E-state index in [1.165, 1.54) is 51.4 Å². The highest BCUT2D eigenvalue weighted by Gasteiger charge is 2.31. The smallest absolute Gasteiger partial charge is 0.214 e. The van der Waals surface area contributed by atoms with Crippen molar-refractivity contribution < 1.29 is 4.79 Å². The summed E-state index contributed by atoms with van der Waals surface area (Å²) < 4.78 is 0.195. The minimum absolute atomic E-state index is 0.195. The normalized spacial score (nSPS) is 21.1. The molecule has 1 fully saturated rings. The number of hydrogen-bond acceptors (Lipinski definition) is 2. The van der Waals surface area contributed by atoms with Gasteiger partial charge in [0.2, 0.25) is 5.12 Å². The lowest BCUT2D eigenvalue weighted by molar-refractivity contribution is -0.107. The molecule has 0 unspecified atom stereocenters. The zero-order valence-electron chi connectivity index (χ0n) is 11.4. The number of hydrogen-bond donors (Lipinski definition) is 0. The Morgan fingerprint density at radius 1 is 1.12 bits per heavy atom. The first-order valence-corrected chi connectivity index (χ1v) is 7.80. The second-order valence-corrected chi connectivity index (χ2v) is 6.77. The standard InChI is InChI=1S/C15H26OS/c1-4-15(17-14(16)13(2)3)11-9-7-5-6-8-10-12-15/h2,4-12H2,1,3H3. The van der Waals surface area contributed by atoms with Crippen LogP contribution in [0.3, 0.4) is 0 Å². The molecule has 1 rings (SSSR count). The van der Waals surface area contributed by atoms with E-state index in [1.54, 1.807) is 11.8 Å². The van der Waals surface area contributed by atoms with Crippen molar-refractivity contribution >= 4 is 16.9 Å². The van der Waals surface area contributed by atoms with Gasteiger partial charge in [-0.1, -0.05) is 63.8 Å². The van der Waals surface area contributed by atoms with Gasteiger partial charge in [-0.15, -0.1) is 0 Å². The fourth-order valence-electron chi connectivity index (χ4n) is 2.54. The van der Waals surface area contributed by atoms with Crippen molar-refractivity contribution in [2.24, 2.45) is 0 Å². The van der Waals surface area contributed by atoms with Crippen molar-refractivity contribution in [1.82, 2.24) is 0 Å². The van der Waals surface area contributed by atoms with E-state index in [2.05, 4.69) is 13.5 Å². The topological polar surface area (TPSA) is 17.1 Å². The summed E-state index contributed by atoms with van der Waals surface area (Å²) in [6.45, 7) is 7.84. The Morgan fingerprint density at radius 3 is 2.00 bits per heavy atom. The van der Waals surface area contributed by atoms with E-state index in [-0.39, 0.29) is 9.86 Å².